The number of benzene rings is 2. The summed E-state index contributed by atoms with van der Waals surface area (Å²) >= 11 is 5.78. The second-order valence-electron chi connectivity index (χ2n) is 4.01. The first-order valence-corrected chi connectivity index (χ1v) is 5.65. The first kappa shape index (κ1) is 12.6. The predicted octanol–water partition coefficient (Wildman–Crippen LogP) is 4.15. The number of carboxylic acids is 1. The summed E-state index contributed by atoms with van der Waals surface area (Å²) in [6, 6.07) is 8.98. The van der Waals surface area contributed by atoms with Gasteiger partial charge in [-0.1, -0.05) is 29.3 Å². The average molecular weight is 265 g/mol. The molecule has 0 aromatic heterocycles. The van der Waals surface area contributed by atoms with Crippen LogP contribution in [-0.4, -0.2) is 11.1 Å². The van der Waals surface area contributed by atoms with E-state index in [1.165, 1.54) is 12.1 Å². The fourth-order valence-corrected chi connectivity index (χ4v) is 2.02. The number of carboxylic acid groups (broad SMARTS) is 1. The second kappa shape index (κ2) is 4.78. The smallest absolute Gasteiger partial charge is 0.336 e. The molecular weight excluding hydrogens is 255 g/mol. The van der Waals surface area contributed by atoms with Gasteiger partial charge in [0.25, 0.3) is 0 Å². The molecule has 0 aliphatic rings. The Bertz CT molecular complexity index is 603. The van der Waals surface area contributed by atoms with Crippen LogP contribution in [0.5, 0.6) is 0 Å². The zero-order valence-corrected chi connectivity index (χ0v) is 10.3. The summed E-state index contributed by atoms with van der Waals surface area (Å²) in [5.74, 6) is -1.54. The van der Waals surface area contributed by atoms with Gasteiger partial charge in [-0.15, -0.1) is 0 Å². The molecule has 0 aliphatic heterocycles. The maximum absolute atomic E-state index is 13.3. The summed E-state index contributed by atoms with van der Waals surface area (Å²) in [5.41, 5.74) is 1.88. The van der Waals surface area contributed by atoms with Crippen molar-refractivity contribution in [2.75, 3.05) is 0 Å². The first-order chi connectivity index (χ1) is 8.47. The Balaban J connectivity index is 2.66. The van der Waals surface area contributed by atoms with Crippen molar-refractivity contribution in [1.82, 2.24) is 0 Å². The Labute approximate surface area is 109 Å². The molecule has 18 heavy (non-hydrogen) atoms. The van der Waals surface area contributed by atoms with Crippen LogP contribution in [0.2, 0.25) is 5.02 Å². The summed E-state index contributed by atoms with van der Waals surface area (Å²) in [5, 5.41) is 9.40. The number of carbonyl (C=O) groups is 1. The van der Waals surface area contributed by atoms with Crippen LogP contribution >= 0.6 is 11.6 Å². The highest BCUT2D eigenvalue weighted by Gasteiger charge is 2.13. The fourth-order valence-electron chi connectivity index (χ4n) is 1.80. The SMILES string of the molecule is Cc1ccc(-c2cc(F)cc(Cl)c2)c(C(=O)O)c1. The highest BCUT2D eigenvalue weighted by atomic mass is 35.5. The van der Waals surface area contributed by atoms with Gasteiger partial charge in [0.15, 0.2) is 0 Å². The third-order valence-corrected chi connectivity index (χ3v) is 2.80. The summed E-state index contributed by atoms with van der Waals surface area (Å²) in [6.45, 7) is 1.80. The van der Waals surface area contributed by atoms with Gasteiger partial charge in [0.2, 0.25) is 0 Å². The van der Waals surface area contributed by atoms with E-state index < -0.39 is 11.8 Å². The van der Waals surface area contributed by atoms with Crippen molar-refractivity contribution in [2.45, 2.75) is 6.92 Å². The van der Waals surface area contributed by atoms with Crippen LogP contribution in [0.1, 0.15) is 15.9 Å². The fraction of sp³-hybridized carbons (Fsp3) is 0.0714. The predicted molar refractivity (Wildman–Crippen MR) is 68.5 cm³/mol. The highest BCUT2D eigenvalue weighted by molar-refractivity contribution is 6.30. The molecule has 0 fully saturated rings. The van der Waals surface area contributed by atoms with E-state index in [1.54, 1.807) is 31.2 Å². The molecule has 2 aromatic carbocycles. The van der Waals surface area contributed by atoms with Gasteiger partial charge in [0, 0.05) is 5.02 Å². The van der Waals surface area contributed by atoms with E-state index in [0.29, 0.717) is 11.1 Å². The van der Waals surface area contributed by atoms with Gasteiger partial charge in [0.1, 0.15) is 5.82 Å². The average Bonchev–Trinajstić information content (AvgIpc) is 2.27. The number of aryl methyl sites for hydroxylation is 1. The van der Waals surface area contributed by atoms with Crippen molar-refractivity contribution in [3.63, 3.8) is 0 Å². The summed E-state index contributed by atoms with van der Waals surface area (Å²) < 4.78 is 13.3. The molecule has 0 bridgehead atoms. The number of hydrogen-bond acceptors (Lipinski definition) is 1. The molecule has 92 valence electrons. The Morgan fingerprint density at radius 1 is 1.22 bits per heavy atom. The molecule has 0 heterocycles. The van der Waals surface area contributed by atoms with Gasteiger partial charge in [-0.3, -0.25) is 0 Å². The maximum Gasteiger partial charge on any atom is 0.336 e. The second-order valence-corrected chi connectivity index (χ2v) is 4.45. The van der Waals surface area contributed by atoms with Crippen molar-refractivity contribution in [1.29, 1.82) is 0 Å². The minimum Gasteiger partial charge on any atom is -0.478 e. The van der Waals surface area contributed by atoms with Crippen LogP contribution in [0.15, 0.2) is 36.4 Å². The van der Waals surface area contributed by atoms with Crippen LogP contribution in [0, 0.1) is 12.7 Å². The summed E-state index contributed by atoms with van der Waals surface area (Å²) in [6.07, 6.45) is 0. The Kier molecular flexibility index (Phi) is 3.34. The molecule has 2 aromatic rings. The van der Waals surface area contributed by atoms with E-state index in [2.05, 4.69) is 0 Å². The van der Waals surface area contributed by atoms with Gasteiger partial charge in [0.05, 0.1) is 5.56 Å². The quantitative estimate of drug-likeness (QED) is 0.885. The van der Waals surface area contributed by atoms with E-state index in [0.717, 1.165) is 5.56 Å². The van der Waals surface area contributed by atoms with Crippen LogP contribution in [0.25, 0.3) is 11.1 Å². The lowest BCUT2D eigenvalue weighted by molar-refractivity contribution is 0.0697. The van der Waals surface area contributed by atoms with Gasteiger partial charge in [-0.25, -0.2) is 9.18 Å². The third kappa shape index (κ3) is 2.51. The molecule has 0 spiro atoms. The van der Waals surface area contributed by atoms with Gasteiger partial charge >= 0.3 is 5.97 Å². The molecule has 2 nitrogen and oxygen atoms in total. The third-order valence-electron chi connectivity index (χ3n) is 2.58. The van der Waals surface area contributed by atoms with E-state index in [1.807, 2.05) is 0 Å². The molecule has 1 N–H and O–H groups in total. The first-order valence-electron chi connectivity index (χ1n) is 5.28. The van der Waals surface area contributed by atoms with Crippen LogP contribution in [0.3, 0.4) is 0 Å². The van der Waals surface area contributed by atoms with Crippen molar-refractivity contribution in [3.05, 3.63) is 58.4 Å². The monoisotopic (exact) mass is 264 g/mol. The summed E-state index contributed by atoms with van der Waals surface area (Å²) in [7, 11) is 0. The topological polar surface area (TPSA) is 37.3 Å². The Hall–Kier alpha value is -1.87. The number of aromatic carboxylic acids is 1. The van der Waals surface area contributed by atoms with Gasteiger partial charge in [-0.05, 0) is 42.3 Å². The molecule has 0 radical (unpaired) electrons. The Morgan fingerprint density at radius 3 is 2.56 bits per heavy atom. The highest BCUT2D eigenvalue weighted by Crippen LogP contribution is 2.28. The van der Waals surface area contributed by atoms with Crippen molar-refractivity contribution in [2.24, 2.45) is 0 Å². The molecule has 0 aliphatic carbocycles. The number of halogens is 2. The lowest BCUT2D eigenvalue weighted by atomic mass is 9.98. The molecular formula is C14H10ClFO2. The molecule has 0 unspecified atom stereocenters. The molecule has 4 heteroatoms. The van der Waals surface area contributed by atoms with Gasteiger partial charge in [-0.2, -0.15) is 0 Å². The Morgan fingerprint density at radius 2 is 1.94 bits per heavy atom. The maximum atomic E-state index is 13.3. The van der Waals surface area contributed by atoms with Crippen molar-refractivity contribution in [3.8, 4) is 11.1 Å². The van der Waals surface area contributed by atoms with E-state index in [-0.39, 0.29) is 10.6 Å². The van der Waals surface area contributed by atoms with E-state index in [9.17, 15) is 9.18 Å². The van der Waals surface area contributed by atoms with E-state index >= 15 is 0 Å². The molecule has 0 saturated carbocycles. The summed E-state index contributed by atoms with van der Waals surface area (Å²) in [4.78, 5) is 11.2. The lowest BCUT2D eigenvalue weighted by Crippen LogP contribution is -2.00. The molecule has 2 rings (SSSR count). The largest absolute Gasteiger partial charge is 0.478 e. The number of rotatable bonds is 2. The lowest BCUT2D eigenvalue weighted by Gasteiger charge is -2.08. The standard InChI is InChI=1S/C14H10ClFO2/c1-8-2-3-12(13(4-8)14(17)18)9-5-10(15)7-11(16)6-9/h2-7H,1H3,(H,17,18). The minimum absolute atomic E-state index is 0.136. The molecule has 0 atom stereocenters. The van der Waals surface area contributed by atoms with Gasteiger partial charge < -0.3 is 5.11 Å². The normalized spacial score (nSPS) is 10.4. The van der Waals surface area contributed by atoms with E-state index in [4.69, 9.17) is 16.7 Å². The van der Waals surface area contributed by atoms with Crippen LogP contribution < -0.4 is 0 Å². The number of hydrogen-bond donors (Lipinski definition) is 1. The van der Waals surface area contributed by atoms with Crippen molar-refractivity contribution < 1.29 is 14.3 Å². The van der Waals surface area contributed by atoms with Crippen LogP contribution in [-0.2, 0) is 0 Å². The molecule has 0 saturated heterocycles. The van der Waals surface area contributed by atoms with Crippen molar-refractivity contribution >= 4 is 17.6 Å². The zero-order valence-electron chi connectivity index (χ0n) is 9.58. The van der Waals surface area contributed by atoms with Crippen LogP contribution in [0.4, 0.5) is 4.39 Å². The zero-order chi connectivity index (χ0) is 13.3. The minimum atomic E-state index is -1.05. The molecule has 0 amide bonds.